The number of rotatable bonds is 10. The highest BCUT2D eigenvalue weighted by molar-refractivity contribution is 6.98. The molecule has 0 amide bonds. The van der Waals surface area contributed by atoms with Crippen LogP contribution in [0.15, 0.2) is 265 Å². The molecule has 0 N–H and O–H groups in total. The van der Waals surface area contributed by atoms with Crippen molar-refractivity contribution in [1.29, 1.82) is 0 Å². The maximum absolute atomic E-state index is 6.34. The van der Waals surface area contributed by atoms with Crippen molar-refractivity contribution in [3.8, 4) is 22.8 Å². The molecule has 10 aromatic carbocycles. The lowest BCUT2D eigenvalue weighted by Crippen LogP contribution is -2.52. The molecular formula is C68H48BN3O. The molecule has 344 valence electrons. The van der Waals surface area contributed by atoms with Gasteiger partial charge in [0.05, 0.1) is 0 Å². The van der Waals surface area contributed by atoms with E-state index in [2.05, 4.69) is 231 Å². The molecule has 1 aliphatic rings. The fourth-order valence-corrected chi connectivity index (χ4v) is 11.1. The summed E-state index contributed by atoms with van der Waals surface area (Å²) in [6, 6.07) is 86.8. The normalized spacial score (nSPS) is 14.4. The molecule has 0 bridgehead atoms. The van der Waals surface area contributed by atoms with E-state index in [4.69, 9.17) is 19.4 Å². The highest BCUT2D eigenvalue weighted by atomic mass is 16.3. The Balaban J connectivity index is 0.946. The Hall–Kier alpha value is -9.19. The largest absolute Gasteiger partial charge is 0.456 e. The fourth-order valence-electron chi connectivity index (χ4n) is 11.1. The maximum Gasteiger partial charge on any atom is 0.242 e. The molecule has 4 nitrogen and oxygen atoms in total. The Morgan fingerprint density at radius 3 is 1.58 bits per heavy atom. The Bertz CT molecular complexity index is 3970. The second-order valence-electron chi connectivity index (χ2n) is 19.1. The van der Waals surface area contributed by atoms with Crippen LogP contribution in [0, 0.1) is 11.8 Å². The third kappa shape index (κ3) is 8.25. The van der Waals surface area contributed by atoms with Gasteiger partial charge in [0, 0.05) is 33.4 Å². The van der Waals surface area contributed by atoms with Crippen molar-refractivity contribution in [2.24, 2.45) is 11.8 Å². The molecule has 13 rings (SSSR count). The van der Waals surface area contributed by atoms with E-state index in [9.17, 15) is 0 Å². The van der Waals surface area contributed by atoms with Gasteiger partial charge in [-0.2, -0.15) is 0 Å². The number of benzene rings is 10. The average molecular weight is 934 g/mol. The number of fused-ring (bicyclic) bond motifs is 5. The monoisotopic (exact) mass is 933 g/mol. The number of hydrogen-bond donors (Lipinski definition) is 0. The molecule has 12 aromatic rings. The second kappa shape index (κ2) is 18.9. The van der Waals surface area contributed by atoms with E-state index in [0.717, 1.165) is 38.6 Å². The van der Waals surface area contributed by atoms with E-state index in [1.165, 1.54) is 65.8 Å². The third-order valence-corrected chi connectivity index (χ3v) is 14.6. The summed E-state index contributed by atoms with van der Waals surface area (Å²) in [6.07, 6.45) is 6.94. The Morgan fingerprint density at radius 2 is 0.945 bits per heavy atom. The van der Waals surface area contributed by atoms with Crippen molar-refractivity contribution >= 4 is 83.3 Å². The predicted octanol–water partition coefficient (Wildman–Crippen LogP) is 14.8. The summed E-state index contributed by atoms with van der Waals surface area (Å²) in [6.45, 7) is 2.31. The van der Waals surface area contributed by atoms with Gasteiger partial charge in [-0.15, -0.1) is 0 Å². The molecule has 2 aromatic heterocycles. The first-order valence-electron chi connectivity index (χ1n) is 25.2. The summed E-state index contributed by atoms with van der Waals surface area (Å²) in [7, 11) is 0. The maximum atomic E-state index is 6.34. The lowest BCUT2D eigenvalue weighted by atomic mass is 9.35. The van der Waals surface area contributed by atoms with E-state index in [0.29, 0.717) is 17.5 Å². The highest BCUT2D eigenvalue weighted by Crippen LogP contribution is 2.43. The SMILES string of the molecule is CC1C=C(c2nc(-c3ccccc3)nc(-c3ccc4c(c3)oc3ccccc34)n2)C=CC1C(=C(c1ccccc1)c1ccccc1)c1ccc(B(c2cccc3ccccc23)c2cccc3ccccc23)cc1. The van der Waals surface area contributed by atoms with E-state index in [1.54, 1.807) is 0 Å². The zero-order valence-corrected chi connectivity index (χ0v) is 40.3. The summed E-state index contributed by atoms with van der Waals surface area (Å²) in [5.74, 6) is 1.91. The van der Waals surface area contributed by atoms with Gasteiger partial charge >= 0.3 is 0 Å². The van der Waals surface area contributed by atoms with Crippen molar-refractivity contribution in [3.05, 3.63) is 283 Å². The Morgan fingerprint density at radius 1 is 0.425 bits per heavy atom. The molecule has 2 unspecified atom stereocenters. The van der Waals surface area contributed by atoms with Crippen molar-refractivity contribution in [3.63, 3.8) is 0 Å². The average Bonchev–Trinajstić information content (AvgIpc) is 3.84. The lowest BCUT2D eigenvalue weighted by molar-refractivity contribution is 0.622. The van der Waals surface area contributed by atoms with E-state index < -0.39 is 0 Å². The molecule has 0 aliphatic heterocycles. The summed E-state index contributed by atoms with van der Waals surface area (Å²) < 4.78 is 6.34. The van der Waals surface area contributed by atoms with Gasteiger partial charge in [0.2, 0.25) is 6.71 Å². The van der Waals surface area contributed by atoms with Crippen LogP contribution in [-0.2, 0) is 0 Å². The van der Waals surface area contributed by atoms with Gasteiger partial charge in [0.15, 0.2) is 17.5 Å². The fraction of sp³-hybridized carbons (Fsp3) is 0.0441. The second-order valence-corrected chi connectivity index (χ2v) is 19.1. The molecule has 0 saturated carbocycles. The van der Waals surface area contributed by atoms with Crippen LogP contribution in [0.5, 0.6) is 0 Å². The smallest absolute Gasteiger partial charge is 0.242 e. The van der Waals surface area contributed by atoms with Crippen molar-refractivity contribution in [2.75, 3.05) is 0 Å². The molecule has 0 spiro atoms. The van der Waals surface area contributed by atoms with Gasteiger partial charge in [-0.05, 0) is 73.5 Å². The molecule has 0 saturated heterocycles. The van der Waals surface area contributed by atoms with Crippen LogP contribution in [0.1, 0.15) is 29.4 Å². The number of para-hydroxylation sites is 1. The molecule has 0 fully saturated rings. The summed E-state index contributed by atoms with van der Waals surface area (Å²) in [5, 5.41) is 7.15. The van der Waals surface area contributed by atoms with Gasteiger partial charge in [-0.3, -0.25) is 0 Å². The first-order valence-corrected chi connectivity index (χ1v) is 25.2. The third-order valence-electron chi connectivity index (χ3n) is 14.6. The zero-order valence-electron chi connectivity index (χ0n) is 40.3. The molecule has 73 heavy (non-hydrogen) atoms. The minimum Gasteiger partial charge on any atom is -0.456 e. The predicted molar refractivity (Wildman–Crippen MR) is 306 cm³/mol. The zero-order chi connectivity index (χ0) is 48.7. The number of hydrogen-bond acceptors (Lipinski definition) is 4. The summed E-state index contributed by atoms with van der Waals surface area (Å²) in [5.41, 5.74) is 14.2. The Kier molecular flexibility index (Phi) is 11.3. The summed E-state index contributed by atoms with van der Waals surface area (Å²) in [4.78, 5) is 15.5. The first-order chi connectivity index (χ1) is 36.1. The molecular weight excluding hydrogens is 886 g/mol. The topological polar surface area (TPSA) is 51.8 Å². The Labute approximate surface area is 425 Å². The molecule has 0 radical (unpaired) electrons. The molecule has 5 heteroatoms. The quantitative estimate of drug-likeness (QED) is 0.101. The number of furan rings is 1. The molecule has 2 atom stereocenters. The first kappa shape index (κ1) is 43.8. The van der Waals surface area contributed by atoms with Crippen LogP contribution in [0.4, 0.5) is 0 Å². The lowest BCUT2D eigenvalue weighted by Gasteiger charge is -2.29. The minimum absolute atomic E-state index is 0.00216. The van der Waals surface area contributed by atoms with E-state index in [1.807, 2.05) is 36.4 Å². The number of aromatic nitrogens is 3. The van der Waals surface area contributed by atoms with Crippen molar-refractivity contribution < 1.29 is 4.42 Å². The van der Waals surface area contributed by atoms with Gasteiger partial charge < -0.3 is 4.42 Å². The highest BCUT2D eigenvalue weighted by Gasteiger charge is 2.30. The number of nitrogens with zero attached hydrogens (tertiary/aromatic N) is 3. The summed E-state index contributed by atoms with van der Waals surface area (Å²) >= 11 is 0. The van der Waals surface area contributed by atoms with Crippen LogP contribution >= 0.6 is 0 Å². The van der Waals surface area contributed by atoms with Crippen LogP contribution in [0.3, 0.4) is 0 Å². The van der Waals surface area contributed by atoms with Crippen molar-refractivity contribution in [1.82, 2.24) is 15.0 Å². The van der Waals surface area contributed by atoms with Gasteiger partial charge in [0.1, 0.15) is 11.2 Å². The van der Waals surface area contributed by atoms with E-state index >= 15 is 0 Å². The minimum atomic E-state index is -0.00736. The van der Waals surface area contributed by atoms with Crippen LogP contribution in [0.2, 0.25) is 0 Å². The van der Waals surface area contributed by atoms with E-state index in [-0.39, 0.29) is 18.5 Å². The molecule has 1 aliphatic carbocycles. The van der Waals surface area contributed by atoms with Crippen molar-refractivity contribution in [2.45, 2.75) is 6.92 Å². The van der Waals surface area contributed by atoms with Gasteiger partial charge in [-0.25, -0.2) is 15.0 Å². The van der Waals surface area contributed by atoms with Crippen LogP contribution in [0.25, 0.3) is 83.0 Å². The van der Waals surface area contributed by atoms with Crippen LogP contribution < -0.4 is 16.4 Å². The standard InChI is InChI=1S/C68H48BN3O/c1-45-43-52(67-70-66(51-25-9-4-10-26-51)71-68(72-67)53-38-42-59-58-31-15-16-34-62(58)73-63(59)44-53)37-41-55(45)65(64(48-21-5-2-6-22-48)49-23-7-3-8-24-49)50-35-39-54(40-36-50)69(60-32-17-27-46-19-11-13-29-56(46)60)61-33-18-28-47-20-12-14-30-57(47)61/h2-45,55H,1H3. The number of allylic oxidation sites excluding steroid dienone is 5. The van der Waals surface area contributed by atoms with Gasteiger partial charge in [-0.1, -0.05) is 266 Å². The van der Waals surface area contributed by atoms with Gasteiger partial charge in [0.25, 0.3) is 0 Å². The van der Waals surface area contributed by atoms with Crippen LogP contribution in [-0.4, -0.2) is 21.7 Å². The molecule has 2 heterocycles.